The Labute approximate surface area is 314 Å². The maximum atomic E-state index is 12.2. The zero-order valence-corrected chi connectivity index (χ0v) is 34.5. The van der Waals surface area contributed by atoms with Crippen LogP contribution in [0.4, 0.5) is 0 Å². The molecule has 0 amide bonds. The predicted octanol–water partition coefficient (Wildman–Crippen LogP) is 11.6. The Morgan fingerprint density at radius 1 is 0.840 bits per heavy atom. The summed E-state index contributed by atoms with van der Waals surface area (Å²) >= 11 is 0. The van der Waals surface area contributed by atoms with Crippen LogP contribution in [-0.2, 0) is 24.9 Å². The number of ketones is 1. The van der Waals surface area contributed by atoms with Crippen LogP contribution < -0.4 is 5.19 Å². The summed E-state index contributed by atoms with van der Waals surface area (Å²) in [7, 11) is -1.31. The van der Waals surface area contributed by atoms with Crippen LogP contribution in [0, 0.1) is 28.2 Å². The van der Waals surface area contributed by atoms with Gasteiger partial charge in [0.1, 0.15) is 5.76 Å². The topological polar surface area (TPSA) is 74.0 Å². The molecular formula is C44H51IrN2O2Si-. The van der Waals surface area contributed by atoms with Gasteiger partial charge in [-0.25, -0.2) is 0 Å². The van der Waals surface area contributed by atoms with Gasteiger partial charge < -0.3 is 5.11 Å². The number of benzene rings is 4. The molecule has 0 unspecified atom stereocenters. The van der Waals surface area contributed by atoms with Crippen molar-refractivity contribution in [3.8, 4) is 28.5 Å². The fourth-order valence-corrected chi connectivity index (χ4v) is 7.04. The number of fused-ring (bicyclic) bond motifs is 2. The zero-order valence-electron chi connectivity index (χ0n) is 31.1. The summed E-state index contributed by atoms with van der Waals surface area (Å²) < 4.78 is 0. The molecule has 1 N–H and O–H groups in total. The van der Waals surface area contributed by atoms with Gasteiger partial charge in [-0.15, -0.1) is 23.6 Å². The van der Waals surface area contributed by atoms with Gasteiger partial charge >= 0.3 is 0 Å². The summed E-state index contributed by atoms with van der Waals surface area (Å²) in [5.74, 6) is 0.286. The van der Waals surface area contributed by atoms with E-state index in [4.69, 9.17) is 0 Å². The molecule has 5 aromatic rings. The number of pyridine rings is 1. The standard InChI is InChI=1S/C29H23N2Si.C15H28O2.Ir/c1-32(2,3)26-11-8-20(9-12-26)21-10-13-28-23(16-21)14-15-31-29(28)24-17-22-6-4-5-7-27(22)25(18-24)19-30;1-7-14(5,8-2)12(16)11-13(17)15(6,9-3)10-4;/h4-16,18H,1-3H3;11,16H,7-10H2,1-6H3;/q-1;;/b;12-11-;. The normalized spacial score (nSPS) is 12.1. The Morgan fingerprint density at radius 2 is 1.44 bits per heavy atom. The fraction of sp³-hybridized carbons (Fsp3) is 0.341. The molecular weight excluding hydrogens is 809 g/mol. The molecule has 1 heterocycles. The van der Waals surface area contributed by atoms with Crippen LogP contribution >= 0.6 is 0 Å². The summed E-state index contributed by atoms with van der Waals surface area (Å²) in [6.07, 6.45) is 6.59. The molecule has 0 saturated heterocycles. The SMILES string of the molecule is CCC(C)(CC)C(=O)/C=C(\O)C(C)(CC)CC.C[Si](C)(C)c1ccc(-c2ccc3c(-c4[c-]c5ccccc5c(C#N)c4)nccc3c2)cc1.[Ir]. The molecule has 0 fully saturated rings. The van der Waals surface area contributed by atoms with E-state index in [-0.39, 0.29) is 42.5 Å². The van der Waals surface area contributed by atoms with Crippen LogP contribution in [0.2, 0.25) is 19.6 Å². The minimum Gasteiger partial charge on any atom is -0.512 e. The largest absolute Gasteiger partial charge is 0.512 e. The molecule has 1 radical (unpaired) electrons. The summed E-state index contributed by atoms with van der Waals surface area (Å²) in [6, 6.07) is 33.1. The monoisotopic (exact) mass is 860 g/mol. The van der Waals surface area contributed by atoms with Gasteiger partial charge in [-0.3, -0.25) is 9.78 Å². The van der Waals surface area contributed by atoms with Crippen LogP contribution in [0.5, 0.6) is 0 Å². The summed E-state index contributed by atoms with van der Waals surface area (Å²) in [5, 5.41) is 25.3. The molecule has 4 aromatic carbocycles. The Kier molecular flexibility index (Phi) is 13.7. The molecule has 0 spiro atoms. The van der Waals surface area contributed by atoms with Gasteiger partial charge in [-0.05, 0) is 65.3 Å². The quantitative estimate of drug-likeness (QED) is 0.0657. The van der Waals surface area contributed by atoms with Gasteiger partial charge in [0, 0.05) is 48.9 Å². The second-order valence-electron chi connectivity index (χ2n) is 14.6. The molecule has 0 bridgehead atoms. The maximum Gasteiger partial charge on any atom is 0.164 e. The molecule has 0 saturated carbocycles. The number of allylic oxidation sites excluding steroid dienone is 2. The first-order chi connectivity index (χ1) is 23.2. The fourth-order valence-electron chi connectivity index (χ4n) is 5.87. The van der Waals surface area contributed by atoms with Gasteiger partial charge in [0.05, 0.1) is 14.1 Å². The number of aromatic nitrogens is 1. The van der Waals surface area contributed by atoms with Crippen molar-refractivity contribution in [3.05, 3.63) is 109 Å². The summed E-state index contributed by atoms with van der Waals surface area (Å²) in [4.78, 5) is 16.8. The first kappa shape index (κ1) is 40.5. The first-order valence-electron chi connectivity index (χ1n) is 17.5. The van der Waals surface area contributed by atoms with Crippen molar-refractivity contribution < 1.29 is 30.0 Å². The van der Waals surface area contributed by atoms with E-state index in [2.05, 4.69) is 79.2 Å². The van der Waals surface area contributed by atoms with Gasteiger partial charge in [0.2, 0.25) is 0 Å². The molecule has 1 aromatic heterocycles. The molecule has 0 aliphatic heterocycles. The number of nitrogens with zero attached hydrogens (tertiary/aromatic N) is 2. The molecule has 263 valence electrons. The molecule has 6 heteroatoms. The minimum atomic E-state index is -1.31. The second-order valence-corrected chi connectivity index (χ2v) is 19.7. The Hall–Kier alpha value is -3.88. The molecule has 0 atom stereocenters. The maximum absolute atomic E-state index is 12.2. The van der Waals surface area contributed by atoms with Crippen molar-refractivity contribution in [2.24, 2.45) is 10.8 Å². The van der Waals surface area contributed by atoms with Crippen molar-refractivity contribution in [2.75, 3.05) is 0 Å². The predicted molar refractivity (Wildman–Crippen MR) is 210 cm³/mol. The van der Waals surface area contributed by atoms with Crippen molar-refractivity contribution in [1.82, 2.24) is 4.98 Å². The van der Waals surface area contributed by atoms with E-state index in [0.29, 0.717) is 5.56 Å². The average molecular weight is 860 g/mol. The first-order valence-corrected chi connectivity index (χ1v) is 21.0. The van der Waals surface area contributed by atoms with E-state index >= 15 is 0 Å². The van der Waals surface area contributed by atoms with Gasteiger partial charge in [-0.1, -0.05) is 132 Å². The number of aliphatic hydroxyl groups is 1. The third-order valence-corrected chi connectivity index (χ3v) is 12.7. The Balaban J connectivity index is 0.000000323. The van der Waals surface area contributed by atoms with Gasteiger partial charge in [-0.2, -0.15) is 5.26 Å². The van der Waals surface area contributed by atoms with E-state index in [9.17, 15) is 15.2 Å². The van der Waals surface area contributed by atoms with E-state index < -0.39 is 8.07 Å². The van der Waals surface area contributed by atoms with Crippen molar-refractivity contribution in [2.45, 2.75) is 86.9 Å². The average Bonchev–Trinajstić information content (AvgIpc) is 3.12. The smallest absolute Gasteiger partial charge is 0.164 e. The van der Waals surface area contributed by atoms with E-state index in [1.807, 2.05) is 84.1 Å². The van der Waals surface area contributed by atoms with Crippen LogP contribution in [0.15, 0.2) is 96.9 Å². The van der Waals surface area contributed by atoms with Crippen LogP contribution in [0.1, 0.15) is 72.8 Å². The number of hydrogen-bond donors (Lipinski definition) is 1. The molecule has 50 heavy (non-hydrogen) atoms. The van der Waals surface area contributed by atoms with Crippen molar-refractivity contribution >= 4 is 40.6 Å². The molecule has 0 aliphatic carbocycles. The Morgan fingerprint density at radius 3 is 2.02 bits per heavy atom. The summed E-state index contributed by atoms with van der Waals surface area (Å²) in [6.45, 7) is 19.2. The zero-order chi connectivity index (χ0) is 36.0. The Bertz CT molecular complexity index is 2010. The van der Waals surface area contributed by atoms with Crippen LogP contribution in [0.25, 0.3) is 43.9 Å². The van der Waals surface area contributed by atoms with E-state index in [1.54, 1.807) is 0 Å². The number of nitriles is 1. The third kappa shape index (κ3) is 8.88. The number of carbonyl (C=O) groups is 1. The number of aliphatic hydroxyl groups excluding tert-OH is 1. The summed E-state index contributed by atoms with van der Waals surface area (Å²) in [5.41, 5.74) is 4.15. The molecule has 5 rings (SSSR count). The molecule has 0 aliphatic rings. The van der Waals surface area contributed by atoms with Crippen molar-refractivity contribution in [1.29, 1.82) is 5.26 Å². The van der Waals surface area contributed by atoms with Gasteiger partial charge in [0.25, 0.3) is 0 Å². The van der Waals surface area contributed by atoms with Crippen LogP contribution in [0.3, 0.4) is 0 Å². The molecule has 4 nitrogen and oxygen atoms in total. The number of rotatable bonds is 10. The van der Waals surface area contributed by atoms with Crippen molar-refractivity contribution in [3.63, 3.8) is 0 Å². The van der Waals surface area contributed by atoms with Gasteiger partial charge in [0.15, 0.2) is 5.78 Å². The minimum absolute atomic E-state index is 0. The van der Waals surface area contributed by atoms with E-state index in [1.165, 1.54) is 22.4 Å². The van der Waals surface area contributed by atoms with Crippen LogP contribution in [-0.4, -0.2) is 23.9 Å². The number of hydrogen-bond acceptors (Lipinski definition) is 4. The number of carbonyl (C=O) groups excluding carboxylic acids is 1. The third-order valence-electron chi connectivity index (χ3n) is 10.6. The second kappa shape index (κ2) is 16.9. The van der Waals surface area contributed by atoms with E-state index in [0.717, 1.165) is 58.5 Å².